The Balaban J connectivity index is 2.31. The van der Waals surface area contributed by atoms with Gasteiger partial charge in [0.15, 0.2) is 5.82 Å². The quantitative estimate of drug-likeness (QED) is 0.796. The maximum Gasteiger partial charge on any atom is 0.199 e. The molecule has 2 rings (SSSR count). The Labute approximate surface area is 102 Å². The monoisotopic (exact) mass is 230 g/mol. The second-order valence-electron chi connectivity index (χ2n) is 5.43. The first-order chi connectivity index (χ1) is 7.96. The molecule has 17 heavy (non-hydrogen) atoms. The number of hydrogen-bond acceptors (Lipinski definition) is 3. The van der Waals surface area contributed by atoms with Crippen LogP contribution in [0.1, 0.15) is 26.6 Å². The molecule has 4 nitrogen and oxygen atoms in total. The predicted octanol–water partition coefficient (Wildman–Crippen LogP) is 2.47. The molecule has 0 saturated carbocycles. The van der Waals surface area contributed by atoms with Crippen molar-refractivity contribution in [2.24, 2.45) is 12.5 Å². The molecule has 0 radical (unpaired) electrons. The van der Waals surface area contributed by atoms with Crippen molar-refractivity contribution in [3.05, 3.63) is 30.2 Å². The molecule has 0 bridgehead atoms. The van der Waals surface area contributed by atoms with Gasteiger partial charge in [-0.1, -0.05) is 26.8 Å². The van der Waals surface area contributed by atoms with Crippen LogP contribution in [0.4, 0.5) is 0 Å². The van der Waals surface area contributed by atoms with Crippen LogP contribution in [-0.4, -0.2) is 19.7 Å². The number of aromatic nitrogens is 4. The number of aryl methyl sites for hydroxylation is 1. The third-order valence-electron chi connectivity index (χ3n) is 2.44. The predicted molar refractivity (Wildman–Crippen MR) is 67.4 cm³/mol. The Morgan fingerprint density at radius 3 is 2.59 bits per heavy atom. The van der Waals surface area contributed by atoms with Crippen molar-refractivity contribution in [1.82, 2.24) is 19.7 Å². The summed E-state index contributed by atoms with van der Waals surface area (Å²) in [6.07, 6.45) is 2.67. The van der Waals surface area contributed by atoms with Gasteiger partial charge in [0.2, 0.25) is 0 Å². The Morgan fingerprint density at radius 1 is 1.24 bits per heavy atom. The average Bonchev–Trinajstić information content (AvgIpc) is 2.59. The van der Waals surface area contributed by atoms with Gasteiger partial charge in [-0.3, -0.25) is 9.67 Å². The van der Waals surface area contributed by atoms with E-state index >= 15 is 0 Å². The van der Waals surface area contributed by atoms with Crippen LogP contribution < -0.4 is 0 Å². The molecular weight excluding hydrogens is 212 g/mol. The van der Waals surface area contributed by atoms with Crippen molar-refractivity contribution in [2.75, 3.05) is 0 Å². The van der Waals surface area contributed by atoms with Crippen molar-refractivity contribution in [2.45, 2.75) is 27.2 Å². The maximum atomic E-state index is 4.55. The van der Waals surface area contributed by atoms with Gasteiger partial charge in [-0.2, -0.15) is 0 Å². The third kappa shape index (κ3) is 2.90. The molecular formula is C13H18N4. The molecule has 90 valence electrons. The zero-order chi connectivity index (χ0) is 12.5. The smallest absolute Gasteiger partial charge is 0.199 e. The fourth-order valence-corrected chi connectivity index (χ4v) is 1.65. The lowest BCUT2D eigenvalue weighted by atomic mass is 9.92. The molecule has 0 amide bonds. The highest BCUT2D eigenvalue weighted by atomic mass is 15.3. The van der Waals surface area contributed by atoms with Gasteiger partial charge in [0.25, 0.3) is 0 Å². The zero-order valence-electron chi connectivity index (χ0n) is 10.8. The Morgan fingerprint density at radius 2 is 2.00 bits per heavy atom. The van der Waals surface area contributed by atoms with Gasteiger partial charge in [-0.25, -0.2) is 4.98 Å². The van der Waals surface area contributed by atoms with E-state index < -0.39 is 0 Å². The van der Waals surface area contributed by atoms with Gasteiger partial charge in [0, 0.05) is 19.7 Å². The summed E-state index contributed by atoms with van der Waals surface area (Å²) in [6, 6.07) is 5.76. The van der Waals surface area contributed by atoms with Gasteiger partial charge in [0.05, 0.1) is 0 Å². The van der Waals surface area contributed by atoms with E-state index in [0.717, 1.165) is 17.9 Å². The van der Waals surface area contributed by atoms with Gasteiger partial charge < -0.3 is 0 Å². The molecule has 0 atom stereocenters. The van der Waals surface area contributed by atoms with E-state index in [2.05, 4.69) is 35.8 Å². The molecule has 4 heteroatoms. The minimum absolute atomic E-state index is 0.210. The SMILES string of the molecule is Cn1nc(-c2ccccn2)nc1CC(C)(C)C. The summed E-state index contributed by atoms with van der Waals surface area (Å²) in [6.45, 7) is 6.59. The molecule has 0 aliphatic rings. The minimum atomic E-state index is 0.210. The molecule has 0 N–H and O–H groups in total. The first-order valence-corrected chi connectivity index (χ1v) is 5.77. The van der Waals surface area contributed by atoms with Crippen molar-refractivity contribution >= 4 is 0 Å². The first kappa shape index (κ1) is 11.8. The van der Waals surface area contributed by atoms with Gasteiger partial charge in [-0.15, -0.1) is 5.10 Å². The molecule has 0 spiro atoms. The number of nitrogens with zero attached hydrogens (tertiary/aromatic N) is 4. The van der Waals surface area contributed by atoms with Crippen LogP contribution >= 0.6 is 0 Å². The lowest BCUT2D eigenvalue weighted by Gasteiger charge is -2.16. The van der Waals surface area contributed by atoms with Crippen LogP contribution in [0.15, 0.2) is 24.4 Å². The summed E-state index contributed by atoms with van der Waals surface area (Å²) in [7, 11) is 1.93. The van der Waals surface area contributed by atoms with E-state index in [-0.39, 0.29) is 5.41 Å². The van der Waals surface area contributed by atoms with E-state index in [1.54, 1.807) is 6.20 Å². The molecule has 2 aromatic rings. The van der Waals surface area contributed by atoms with E-state index in [1.807, 2.05) is 29.9 Å². The highest BCUT2D eigenvalue weighted by molar-refractivity contribution is 5.47. The summed E-state index contributed by atoms with van der Waals surface area (Å²) < 4.78 is 1.84. The summed E-state index contributed by atoms with van der Waals surface area (Å²) in [5.41, 5.74) is 1.03. The van der Waals surface area contributed by atoms with Crippen LogP contribution in [0.25, 0.3) is 11.5 Å². The van der Waals surface area contributed by atoms with E-state index in [4.69, 9.17) is 0 Å². The molecule has 0 fully saturated rings. The number of pyridine rings is 1. The fourth-order valence-electron chi connectivity index (χ4n) is 1.65. The van der Waals surface area contributed by atoms with Gasteiger partial charge in [-0.05, 0) is 17.5 Å². The second-order valence-corrected chi connectivity index (χ2v) is 5.43. The van der Waals surface area contributed by atoms with Crippen molar-refractivity contribution in [1.29, 1.82) is 0 Å². The Bertz CT molecular complexity index is 494. The van der Waals surface area contributed by atoms with Crippen molar-refractivity contribution in [3.63, 3.8) is 0 Å². The summed E-state index contributed by atoms with van der Waals surface area (Å²) in [4.78, 5) is 8.82. The second kappa shape index (κ2) is 4.28. The van der Waals surface area contributed by atoms with Gasteiger partial charge in [0.1, 0.15) is 11.5 Å². The normalized spacial score (nSPS) is 11.8. The standard InChI is InChI=1S/C13H18N4/c1-13(2,3)9-11-15-12(16-17(11)4)10-7-5-6-8-14-10/h5-8H,9H2,1-4H3. The van der Waals surface area contributed by atoms with Crippen LogP contribution in [-0.2, 0) is 13.5 Å². The molecule has 0 saturated heterocycles. The molecule has 0 aliphatic heterocycles. The van der Waals surface area contributed by atoms with Gasteiger partial charge >= 0.3 is 0 Å². The lowest BCUT2D eigenvalue weighted by Crippen LogP contribution is -2.13. The molecule has 0 aliphatic carbocycles. The first-order valence-electron chi connectivity index (χ1n) is 5.77. The maximum absolute atomic E-state index is 4.55. The van der Waals surface area contributed by atoms with Crippen LogP contribution in [0.2, 0.25) is 0 Å². The van der Waals surface area contributed by atoms with E-state index in [1.165, 1.54) is 0 Å². The summed E-state index contributed by atoms with van der Waals surface area (Å²) in [5, 5.41) is 4.41. The fraction of sp³-hybridized carbons (Fsp3) is 0.462. The topological polar surface area (TPSA) is 43.6 Å². The molecule has 0 unspecified atom stereocenters. The Hall–Kier alpha value is -1.71. The highest BCUT2D eigenvalue weighted by Gasteiger charge is 2.17. The Kier molecular flexibility index (Phi) is 2.96. The van der Waals surface area contributed by atoms with Crippen LogP contribution in [0.5, 0.6) is 0 Å². The van der Waals surface area contributed by atoms with Crippen molar-refractivity contribution in [3.8, 4) is 11.5 Å². The van der Waals surface area contributed by atoms with Crippen LogP contribution in [0.3, 0.4) is 0 Å². The number of rotatable bonds is 2. The van der Waals surface area contributed by atoms with E-state index in [9.17, 15) is 0 Å². The highest BCUT2D eigenvalue weighted by Crippen LogP contribution is 2.20. The zero-order valence-corrected chi connectivity index (χ0v) is 10.8. The molecule has 2 heterocycles. The molecule has 0 aromatic carbocycles. The largest absolute Gasteiger partial charge is 0.253 e. The average molecular weight is 230 g/mol. The third-order valence-corrected chi connectivity index (χ3v) is 2.44. The van der Waals surface area contributed by atoms with E-state index in [0.29, 0.717) is 5.82 Å². The van der Waals surface area contributed by atoms with Crippen LogP contribution in [0, 0.1) is 5.41 Å². The van der Waals surface area contributed by atoms with Crippen molar-refractivity contribution < 1.29 is 0 Å². The summed E-state index contributed by atoms with van der Waals surface area (Å²) >= 11 is 0. The lowest BCUT2D eigenvalue weighted by molar-refractivity contribution is 0.392. The number of hydrogen-bond donors (Lipinski definition) is 0. The molecule has 2 aromatic heterocycles. The summed E-state index contributed by atoms with van der Waals surface area (Å²) in [5.74, 6) is 1.70. The minimum Gasteiger partial charge on any atom is -0.253 e.